The van der Waals surface area contributed by atoms with Gasteiger partial charge in [-0.3, -0.25) is 0 Å². The van der Waals surface area contributed by atoms with Crippen LogP contribution in [0.15, 0.2) is 179 Å². The van der Waals surface area contributed by atoms with Gasteiger partial charge in [-0.25, -0.2) is 9.98 Å². The van der Waals surface area contributed by atoms with Crippen molar-refractivity contribution in [3.8, 4) is 11.1 Å². The van der Waals surface area contributed by atoms with Gasteiger partial charge < -0.3 is 0 Å². The largest absolute Gasteiger partial charge is 0.232 e. The van der Waals surface area contributed by atoms with E-state index in [1.807, 2.05) is 0 Å². The Bertz CT molecular complexity index is 2650. The number of hydrogen-bond acceptors (Lipinski definition) is 2. The average Bonchev–Trinajstić information content (AvgIpc) is 3.38. The zero-order valence-electron chi connectivity index (χ0n) is 27.4. The maximum absolute atomic E-state index is 5.53. The number of benzene rings is 8. The summed E-state index contributed by atoms with van der Waals surface area (Å²) in [5.74, 6) is 0.741. The van der Waals surface area contributed by atoms with Crippen LogP contribution in [0.1, 0.15) is 36.5 Å². The van der Waals surface area contributed by atoms with Crippen LogP contribution in [0, 0.1) is 0 Å². The molecule has 9 rings (SSSR count). The first-order valence-electron chi connectivity index (χ1n) is 17.1. The van der Waals surface area contributed by atoms with E-state index in [9.17, 15) is 0 Å². The molecule has 0 unspecified atom stereocenters. The predicted molar refractivity (Wildman–Crippen MR) is 210 cm³/mol. The highest BCUT2D eigenvalue weighted by Crippen LogP contribution is 2.39. The van der Waals surface area contributed by atoms with E-state index in [1.54, 1.807) is 0 Å². The Morgan fingerprint density at radius 1 is 0.429 bits per heavy atom. The van der Waals surface area contributed by atoms with E-state index in [1.165, 1.54) is 59.8 Å². The Morgan fingerprint density at radius 2 is 1.02 bits per heavy atom. The number of aliphatic imine (C=N–C) groups is 2. The summed E-state index contributed by atoms with van der Waals surface area (Å²) in [7, 11) is 0. The molecule has 8 aromatic carbocycles. The summed E-state index contributed by atoms with van der Waals surface area (Å²) in [4.78, 5) is 10.9. The number of fused-ring (bicyclic) bond motifs is 6. The monoisotopic (exact) mass is 626 g/mol. The summed E-state index contributed by atoms with van der Waals surface area (Å²) in [5, 5.41) is 9.97. The van der Waals surface area contributed by atoms with Crippen molar-refractivity contribution in [1.29, 1.82) is 0 Å². The van der Waals surface area contributed by atoms with Crippen LogP contribution in [-0.4, -0.2) is 11.5 Å². The van der Waals surface area contributed by atoms with E-state index in [0.717, 1.165) is 46.8 Å². The van der Waals surface area contributed by atoms with Gasteiger partial charge >= 0.3 is 0 Å². The molecule has 1 heterocycles. The summed E-state index contributed by atoms with van der Waals surface area (Å²) in [6, 6.07) is 58.9. The van der Waals surface area contributed by atoms with E-state index >= 15 is 0 Å². The molecule has 0 fully saturated rings. The third-order valence-electron chi connectivity index (χ3n) is 9.97. The lowest BCUT2D eigenvalue weighted by Crippen LogP contribution is -2.06. The van der Waals surface area contributed by atoms with Gasteiger partial charge in [0.25, 0.3) is 0 Å². The smallest absolute Gasteiger partial charge is 0.160 e. The van der Waals surface area contributed by atoms with Gasteiger partial charge in [0.1, 0.15) is 0 Å². The molecule has 0 atom stereocenters. The molecule has 0 radical (unpaired) electrons. The normalized spacial score (nSPS) is 13.6. The fraction of sp³-hybridized carbons (Fsp3) is 0.0638. The number of amidine groups is 1. The topological polar surface area (TPSA) is 24.7 Å². The molecule has 1 aliphatic rings. The van der Waals surface area contributed by atoms with Crippen LogP contribution in [0.2, 0.25) is 0 Å². The molecule has 0 saturated carbocycles. The van der Waals surface area contributed by atoms with Crippen LogP contribution < -0.4 is 0 Å². The minimum absolute atomic E-state index is 0.734. The Labute approximate surface area is 286 Å². The standard InChI is InChI=1S/C47H34N2/c1-2-31-30-45(34-15-4-3-5-16-34)48-47(36-25-26-39-35(29-36)24-28-42-38-19-9-7-14-33(38)23-27-43(39)42)49-46(31)44-21-11-10-20-41(44)40-22-12-17-32-13-6-8-18-37(32)40/h3-29H,2,30H2,1H3. The fourth-order valence-corrected chi connectivity index (χ4v) is 7.49. The van der Waals surface area contributed by atoms with Crippen LogP contribution >= 0.6 is 0 Å². The van der Waals surface area contributed by atoms with Gasteiger partial charge in [-0.15, -0.1) is 0 Å². The maximum Gasteiger partial charge on any atom is 0.160 e. The first kappa shape index (κ1) is 29.1. The molecule has 232 valence electrons. The lowest BCUT2D eigenvalue weighted by Gasteiger charge is -2.16. The molecule has 0 N–H and O–H groups in total. The fourth-order valence-electron chi connectivity index (χ4n) is 7.49. The summed E-state index contributed by atoms with van der Waals surface area (Å²) in [5.41, 5.74) is 9.01. The Kier molecular flexibility index (Phi) is 7.21. The molecule has 0 bridgehead atoms. The van der Waals surface area contributed by atoms with E-state index in [0.29, 0.717) is 0 Å². The van der Waals surface area contributed by atoms with Gasteiger partial charge in [-0.1, -0.05) is 165 Å². The molecule has 0 amide bonds. The van der Waals surface area contributed by atoms with E-state index in [-0.39, 0.29) is 0 Å². The predicted octanol–water partition coefficient (Wildman–Crippen LogP) is 12.4. The van der Waals surface area contributed by atoms with E-state index < -0.39 is 0 Å². The molecule has 1 aliphatic heterocycles. The van der Waals surface area contributed by atoms with Gasteiger partial charge in [-0.05, 0) is 77.8 Å². The Morgan fingerprint density at radius 3 is 1.82 bits per heavy atom. The van der Waals surface area contributed by atoms with Crippen molar-refractivity contribution in [3.05, 3.63) is 186 Å². The highest BCUT2D eigenvalue weighted by Gasteiger charge is 2.21. The maximum atomic E-state index is 5.53. The molecule has 0 saturated heterocycles. The van der Waals surface area contributed by atoms with Crippen molar-refractivity contribution in [2.75, 3.05) is 0 Å². The Hall–Kier alpha value is -6.12. The lowest BCUT2D eigenvalue weighted by molar-refractivity contribution is 1.05. The van der Waals surface area contributed by atoms with Crippen molar-refractivity contribution in [2.24, 2.45) is 9.98 Å². The quantitative estimate of drug-likeness (QED) is 0.170. The third-order valence-corrected chi connectivity index (χ3v) is 9.97. The molecule has 0 aromatic heterocycles. The SMILES string of the molecule is CCC1=C(c2ccccc2-c2cccc3ccccc23)N=C(c2ccc3c(ccc4c5ccccc5ccc34)c2)N=C(c2ccccc2)C1. The third kappa shape index (κ3) is 5.14. The summed E-state index contributed by atoms with van der Waals surface area (Å²) < 4.78 is 0. The highest BCUT2D eigenvalue weighted by atomic mass is 14.9. The van der Waals surface area contributed by atoms with Gasteiger partial charge in [0.15, 0.2) is 5.84 Å². The van der Waals surface area contributed by atoms with Gasteiger partial charge in [0.05, 0.1) is 11.4 Å². The minimum atomic E-state index is 0.734. The molecule has 2 nitrogen and oxygen atoms in total. The summed E-state index contributed by atoms with van der Waals surface area (Å²) in [6.07, 6.45) is 1.61. The van der Waals surface area contributed by atoms with Crippen LogP contribution in [0.25, 0.3) is 59.9 Å². The van der Waals surface area contributed by atoms with Crippen LogP contribution in [-0.2, 0) is 0 Å². The molecule has 0 spiro atoms. The van der Waals surface area contributed by atoms with Crippen LogP contribution in [0.4, 0.5) is 0 Å². The first-order chi connectivity index (χ1) is 24.2. The van der Waals surface area contributed by atoms with Crippen LogP contribution in [0.3, 0.4) is 0 Å². The molecular weight excluding hydrogens is 593 g/mol. The second-order valence-corrected chi connectivity index (χ2v) is 12.8. The van der Waals surface area contributed by atoms with Crippen molar-refractivity contribution in [1.82, 2.24) is 0 Å². The first-order valence-corrected chi connectivity index (χ1v) is 17.1. The molecule has 0 aliphatic carbocycles. The van der Waals surface area contributed by atoms with Crippen molar-refractivity contribution >= 4 is 60.3 Å². The molecular formula is C47H34N2. The number of rotatable bonds is 5. The molecule has 2 heteroatoms. The van der Waals surface area contributed by atoms with Gasteiger partial charge in [-0.2, -0.15) is 0 Å². The average molecular weight is 627 g/mol. The molecule has 49 heavy (non-hydrogen) atoms. The van der Waals surface area contributed by atoms with Gasteiger partial charge in [0.2, 0.25) is 0 Å². The second-order valence-electron chi connectivity index (χ2n) is 12.8. The zero-order valence-corrected chi connectivity index (χ0v) is 27.4. The number of hydrogen-bond donors (Lipinski definition) is 0. The second kappa shape index (κ2) is 12.2. The van der Waals surface area contributed by atoms with Crippen molar-refractivity contribution in [3.63, 3.8) is 0 Å². The van der Waals surface area contributed by atoms with Crippen molar-refractivity contribution in [2.45, 2.75) is 19.8 Å². The lowest BCUT2D eigenvalue weighted by atomic mass is 9.90. The number of allylic oxidation sites excluding steroid dienone is 1. The van der Waals surface area contributed by atoms with E-state index in [4.69, 9.17) is 9.98 Å². The molecule has 8 aromatic rings. The van der Waals surface area contributed by atoms with Crippen LogP contribution in [0.5, 0.6) is 0 Å². The summed E-state index contributed by atoms with van der Waals surface area (Å²) >= 11 is 0. The van der Waals surface area contributed by atoms with Gasteiger partial charge in [0, 0.05) is 17.5 Å². The number of nitrogens with zero attached hydrogens (tertiary/aromatic N) is 2. The highest BCUT2D eigenvalue weighted by molar-refractivity contribution is 6.20. The minimum Gasteiger partial charge on any atom is -0.232 e. The van der Waals surface area contributed by atoms with E-state index in [2.05, 4.69) is 171 Å². The summed E-state index contributed by atoms with van der Waals surface area (Å²) in [6.45, 7) is 2.24. The zero-order chi connectivity index (χ0) is 32.7. The Balaban J connectivity index is 1.26. The van der Waals surface area contributed by atoms with Crippen molar-refractivity contribution < 1.29 is 0 Å².